The predicted octanol–water partition coefficient (Wildman–Crippen LogP) is 2.01. The molecule has 138 valence electrons. The Morgan fingerprint density at radius 1 is 1.08 bits per heavy atom. The minimum Gasteiger partial charge on any atom is -0.455 e. The lowest BCUT2D eigenvalue weighted by Crippen LogP contribution is -2.24. The number of hydrogen-bond donors (Lipinski definition) is 2. The summed E-state index contributed by atoms with van der Waals surface area (Å²) in [6, 6.07) is 14.6. The summed E-state index contributed by atoms with van der Waals surface area (Å²) in [4.78, 5) is 24.1. The molecule has 0 saturated heterocycles. The van der Waals surface area contributed by atoms with Gasteiger partial charge in [0.15, 0.2) is 6.61 Å². The number of carbonyl (C=O) groups excluding carboxylic acids is 2. The van der Waals surface area contributed by atoms with Crippen molar-refractivity contribution in [3.05, 3.63) is 60.2 Å². The zero-order valence-electron chi connectivity index (χ0n) is 14.2. The van der Waals surface area contributed by atoms with Crippen LogP contribution in [0.1, 0.15) is 24.8 Å². The molecule has 2 rings (SSSR count). The maximum Gasteiger partial charge on any atom is 0.313 e. The van der Waals surface area contributed by atoms with Crippen molar-refractivity contribution in [1.29, 1.82) is 0 Å². The maximum absolute atomic E-state index is 12.2. The van der Waals surface area contributed by atoms with Crippen molar-refractivity contribution in [3.8, 4) is 0 Å². The second kappa shape index (κ2) is 8.59. The summed E-state index contributed by atoms with van der Waals surface area (Å²) in [6.45, 7) is 1.44. The van der Waals surface area contributed by atoms with Gasteiger partial charge in [0.2, 0.25) is 10.0 Å². The molecule has 0 heterocycles. The summed E-state index contributed by atoms with van der Waals surface area (Å²) >= 11 is 0. The van der Waals surface area contributed by atoms with Gasteiger partial charge in [-0.15, -0.1) is 0 Å². The van der Waals surface area contributed by atoms with Crippen molar-refractivity contribution >= 4 is 27.6 Å². The van der Waals surface area contributed by atoms with Crippen LogP contribution in [-0.4, -0.2) is 26.9 Å². The Labute approximate surface area is 152 Å². The monoisotopic (exact) mass is 376 g/mol. The zero-order chi connectivity index (χ0) is 19.2. The fraction of sp³-hybridized carbons (Fsp3) is 0.222. The van der Waals surface area contributed by atoms with Gasteiger partial charge in [0.1, 0.15) is 0 Å². The Kier molecular flexibility index (Phi) is 6.48. The Morgan fingerprint density at radius 3 is 2.23 bits per heavy atom. The van der Waals surface area contributed by atoms with Gasteiger partial charge in [0, 0.05) is 5.69 Å². The number of benzene rings is 2. The molecule has 0 unspecified atom stereocenters. The van der Waals surface area contributed by atoms with E-state index < -0.39 is 34.4 Å². The van der Waals surface area contributed by atoms with Crippen LogP contribution >= 0.6 is 0 Å². The van der Waals surface area contributed by atoms with E-state index in [1.54, 1.807) is 0 Å². The molecule has 8 heteroatoms. The first-order valence-corrected chi connectivity index (χ1v) is 9.50. The van der Waals surface area contributed by atoms with Gasteiger partial charge >= 0.3 is 5.97 Å². The van der Waals surface area contributed by atoms with Crippen molar-refractivity contribution in [2.75, 3.05) is 11.9 Å². The third-order valence-electron chi connectivity index (χ3n) is 3.71. The van der Waals surface area contributed by atoms with Crippen LogP contribution in [0.3, 0.4) is 0 Å². The Morgan fingerprint density at radius 2 is 1.69 bits per heavy atom. The lowest BCUT2D eigenvalue weighted by atomic mass is 9.97. The van der Waals surface area contributed by atoms with Gasteiger partial charge in [-0.1, -0.05) is 37.3 Å². The molecule has 2 aromatic rings. The summed E-state index contributed by atoms with van der Waals surface area (Å²) in [5.41, 5.74) is 1.20. The standard InChI is InChI=1S/C18H20N2O5S/c1-2-16(13-6-4-3-5-7-13)18(22)25-12-17(21)20-14-8-10-15(11-9-14)26(19,23)24/h3-11,16H,2,12H2,1H3,(H,20,21)(H2,19,23,24)/t16-/m1/s1. The SMILES string of the molecule is CC[C@@H](C(=O)OCC(=O)Nc1ccc(S(N)(=O)=O)cc1)c1ccccc1. The second-order valence-electron chi connectivity index (χ2n) is 5.60. The molecule has 0 aliphatic carbocycles. The lowest BCUT2D eigenvalue weighted by molar-refractivity contribution is -0.149. The number of rotatable bonds is 7. The number of sulfonamides is 1. The first-order valence-electron chi connectivity index (χ1n) is 7.95. The molecule has 0 aliphatic heterocycles. The molecule has 7 nitrogen and oxygen atoms in total. The smallest absolute Gasteiger partial charge is 0.313 e. The van der Waals surface area contributed by atoms with E-state index in [4.69, 9.17) is 9.88 Å². The van der Waals surface area contributed by atoms with Crippen LogP contribution in [0.25, 0.3) is 0 Å². The average Bonchev–Trinajstić information content (AvgIpc) is 2.61. The van der Waals surface area contributed by atoms with Crippen LogP contribution in [-0.2, 0) is 24.3 Å². The Balaban J connectivity index is 1.91. The van der Waals surface area contributed by atoms with E-state index in [1.807, 2.05) is 37.3 Å². The van der Waals surface area contributed by atoms with E-state index in [2.05, 4.69) is 5.32 Å². The van der Waals surface area contributed by atoms with E-state index in [0.29, 0.717) is 12.1 Å². The Hall–Kier alpha value is -2.71. The van der Waals surface area contributed by atoms with Gasteiger partial charge in [0.25, 0.3) is 5.91 Å². The van der Waals surface area contributed by atoms with Gasteiger partial charge < -0.3 is 10.1 Å². The predicted molar refractivity (Wildman–Crippen MR) is 96.9 cm³/mol. The first kappa shape index (κ1) is 19.6. The lowest BCUT2D eigenvalue weighted by Gasteiger charge is -2.14. The molecule has 26 heavy (non-hydrogen) atoms. The van der Waals surface area contributed by atoms with E-state index in [0.717, 1.165) is 5.56 Å². The molecule has 3 N–H and O–H groups in total. The number of nitrogens with one attached hydrogen (secondary N) is 1. The molecule has 0 fully saturated rings. The van der Waals surface area contributed by atoms with Gasteiger partial charge in [-0.3, -0.25) is 9.59 Å². The third kappa shape index (κ3) is 5.40. The molecular weight excluding hydrogens is 356 g/mol. The second-order valence-corrected chi connectivity index (χ2v) is 7.16. The molecule has 0 aromatic heterocycles. The number of nitrogens with two attached hydrogens (primary N) is 1. The van der Waals surface area contributed by atoms with Crippen LogP contribution in [0.2, 0.25) is 0 Å². The summed E-state index contributed by atoms with van der Waals surface area (Å²) in [7, 11) is -3.79. The highest BCUT2D eigenvalue weighted by molar-refractivity contribution is 7.89. The molecule has 2 aromatic carbocycles. The summed E-state index contributed by atoms with van der Waals surface area (Å²) < 4.78 is 27.5. The minimum absolute atomic E-state index is 0.0597. The molecule has 1 amide bonds. The molecule has 0 saturated carbocycles. The highest BCUT2D eigenvalue weighted by atomic mass is 32.2. The molecule has 0 radical (unpaired) electrons. The van der Waals surface area contributed by atoms with Crippen LogP contribution < -0.4 is 10.5 Å². The molecule has 0 aliphatic rings. The number of amides is 1. The van der Waals surface area contributed by atoms with E-state index in [-0.39, 0.29) is 4.90 Å². The normalized spacial score (nSPS) is 12.2. The van der Waals surface area contributed by atoms with Crippen LogP contribution in [0.15, 0.2) is 59.5 Å². The van der Waals surface area contributed by atoms with Crippen LogP contribution in [0.5, 0.6) is 0 Å². The van der Waals surface area contributed by atoms with E-state index in [9.17, 15) is 18.0 Å². The fourth-order valence-corrected chi connectivity index (χ4v) is 2.90. The number of ether oxygens (including phenoxy) is 1. The van der Waals surface area contributed by atoms with E-state index >= 15 is 0 Å². The average molecular weight is 376 g/mol. The number of anilines is 1. The van der Waals surface area contributed by atoms with Gasteiger partial charge in [0.05, 0.1) is 10.8 Å². The van der Waals surface area contributed by atoms with Gasteiger partial charge in [-0.25, -0.2) is 13.6 Å². The maximum atomic E-state index is 12.2. The minimum atomic E-state index is -3.79. The molecule has 0 bridgehead atoms. The summed E-state index contributed by atoms with van der Waals surface area (Å²) in [6.07, 6.45) is 0.555. The largest absolute Gasteiger partial charge is 0.455 e. The number of carbonyl (C=O) groups is 2. The van der Waals surface area contributed by atoms with Crippen molar-refractivity contribution in [1.82, 2.24) is 0 Å². The fourth-order valence-electron chi connectivity index (χ4n) is 2.39. The van der Waals surface area contributed by atoms with Gasteiger partial charge in [-0.05, 0) is 36.2 Å². The third-order valence-corrected chi connectivity index (χ3v) is 4.64. The topological polar surface area (TPSA) is 116 Å². The molecule has 0 spiro atoms. The van der Waals surface area contributed by atoms with Crippen molar-refractivity contribution in [2.24, 2.45) is 5.14 Å². The zero-order valence-corrected chi connectivity index (χ0v) is 15.0. The first-order chi connectivity index (χ1) is 12.3. The Bertz CT molecular complexity index is 864. The van der Waals surface area contributed by atoms with Crippen LogP contribution in [0.4, 0.5) is 5.69 Å². The van der Waals surface area contributed by atoms with Crippen molar-refractivity contribution < 1.29 is 22.7 Å². The van der Waals surface area contributed by atoms with Gasteiger partial charge in [-0.2, -0.15) is 0 Å². The van der Waals surface area contributed by atoms with Crippen LogP contribution in [0, 0.1) is 0 Å². The highest BCUT2D eigenvalue weighted by Gasteiger charge is 2.21. The van der Waals surface area contributed by atoms with E-state index in [1.165, 1.54) is 24.3 Å². The number of hydrogen-bond acceptors (Lipinski definition) is 5. The highest BCUT2D eigenvalue weighted by Crippen LogP contribution is 2.20. The quantitative estimate of drug-likeness (QED) is 0.717. The summed E-state index contributed by atoms with van der Waals surface area (Å²) in [5, 5.41) is 7.53. The molecular formula is C18H20N2O5S. The molecule has 1 atom stereocenters. The van der Waals surface area contributed by atoms with Crippen molar-refractivity contribution in [3.63, 3.8) is 0 Å². The number of esters is 1. The van der Waals surface area contributed by atoms with Crippen molar-refractivity contribution in [2.45, 2.75) is 24.2 Å². The number of primary sulfonamides is 1. The summed E-state index contributed by atoms with van der Waals surface area (Å²) in [5.74, 6) is -1.43.